The largest absolute Gasteiger partial charge is 0.490 e. The molecule has 0 aromatic heterocycles. The second-order valence-corrected chi connectivity index (χ2v) is 4.64. The standard InChI is InChI=1S/C13H19N3O3/c1-19-13-4-3-11(9-12(13)16(17)18)10-15-7-2-5-14-6-8-15/h3-4,9,14H,2,5-8,10H2,1H3. The van der Waals surface area contributed by atoms with Crippen molar-refractivity contribution in [3.63, 3.8) is 0 Å². The molecule has 0 atom stereocenters. The summed E-state index contributed by atoms with van der Waals surface area (Å²) in [5.74, 6) is 0.311. The zero-order valence-corrected chi connectivity index (χ0v) is 11.1. The van der Waals surface area contributed by atoms with Crippen LogP contribution in [0, 0.1) is 10.1 Å². The van der Waals surface area contributed by atoms with Crippen LogP contribution < -0.4 is 10.1 Å². The maximum atomic E-state index is 11.0. The zero-order valence-electron chi connectivity index (χ0n) is 11.1. The minimum atomic E-state index is -0.397. The zero-order chi connectivity index (χ0) is 13.7. The Kier molecular flexibility index (Phi) is 4.70. The van der Waals surface area contributed by atoms with E-state index in [1.807, 2.05) is 6.07 Å². The summed E-state index contributed by atoms with van der Waals surface area (Å²) < 4.78 is 5.01. The monoisotopic (exact) mass is 265 g/mol. The lowest BCUT2D eigenvalue weighted by Gasteiger charge is -2.19. The number of hydrogen-bond donors (Lipinski definition) is 1. The lowest BCUT2D eigenvalue weighted by molar-refractivity contribution is -0.385. The quantitative estimate of drug-likeness (QED) is 0.658. The SMILES string of the molecule is COc1ccc(CN2CCCNCC2)cc1[N+](=O)[O-]. The predicted molar refractivity (Wildman–Crippen MR) is 72.4 cm³/mol. The molecule has 0 radical (unpaired) electrons. The van der Waals surface area contributed by atoms with Crippen molar-refractivity contribution in [3.8, 4) is 5.75 Å². The molecule has 1 aromatic rings. The second kappa shape index (κ2) is 6.49. The van der Waals surface area contributed by atoms with Gasteiger partial charge < -0.3 is 10.1 Å². The number of ether oxygens (including phenoxy) is 1. The van der Waals surface area contributed by atoms with Crippen LogP contribution in [0.15, 0.2) is 18.2 Å². The third kappa shape index (κ3) is 3.65. The van der Waals surface area contributed by atoms with Gasteiger partial charge in [-0.1, -0.05) is 6.07 Å². The average molecular weight is 265 g/mol. The van der Waals surface area contributed by atoms with Gasteiger partial charge >= 0.3 is 5.69 Å². The van der Waals surface area contributed by atoms with Crippen LogP contribution in [0.5, 0.6) is 5.75 Å². The Morgan fingerprint density at radius 2 is 2.26 bits per heavy atom. The minimum absolute atomic E-state index is 0.0351. The van der Waals surface area contributed by atoms with E-state index in [-0.39, 0.29) is 5.69 Å². The first-order valence-electron chi connectivity index (χ1n) is 6.45. The molecule has 0 bridgehead atoms. The van der Waals surface area contributed by atoms with Crippen molar-refractivity contribution in [3.05, 3.63) is 33.9 Å². The highest BCUT2D eigenvalue weighted by Crippen LogP contribution is 2.28. The fourth-order valence-electron chi connectivity index (χ4n) is 2.29. The smallest absolute Gasteiger partial charge is 0.311 e. The molecule has 19 heavy (non-hydrogen) atoms. The van der Waals surface area contributed by atoms with Gasteiger partial charge in [-0.15, -0.1) is 0 Å². The predicted octanol–water partition coefficient (Wildman–Crippen LogP) is 1.40. The Bertz CT molecular complexity index is 443. The molecule has 1 aliphatic heterocycles. The Labute approximate surface area is 112 Å². The topological polar surface area (TPSA) is 67.6 Å². The molecule has 0 unspecified atom stereocenters. The first kappa shape index (κ1) is 13.8. The van der Waals surface area contributed by atoms with E-state index >= 15 is 0 Å². The third-order valence-electron chi connectivity index (χ3n) is 3.28. The van der Waals surface area contributed by atoms with E-state index in [1.54, 1.807) is 12.1 Å². The first-order valence-corrected chi connectivity index (χ1v) is 6.45. The minimum Gasteiger partial charge on any atom is -0.490 e. The Balaban J connectivity index is 2.11. The first-order chi connectivity index (χ1) is 9.20. The fraction of sp³-hybridized carbons (Fsp3) is 0.538. The van der Waals surface area contributed by atoms with Crippen molar-refractivity contribution in [2.45, 2.75) is 13.0 Å². The maximum Gasteiger partial charge on any atom is 0.311 e. The van der Waals surface area contributed by atoms with Gasteiger partial charge in [-0.25, -0.2) is 0 Å². The Morgan fingerprint density at radius 3 is 3.00 bits per heavy atom. The summed E-state index contributed by atoms with van der Waals surface area (Å²) in [5.41, 5.74) is 0.988. The number of nitro benzene ring substituents is 1. The van der Waals surface area contributed by atoms with Gasteiger partial charge in [0.1, 0.15) is 0 Å². The molecule has 1 aromatic carbocycles. The average Bonchev–Trinajstić information content (AvgIpc) is 2.67. The molecule has 1 aliphatic rings. The number of methoxy groups -OCH3 is 1. The van der Waals surface area contributed by atoms with Crippen molar-refractivity contribution in [1.82, 2.24) is 10.2 Å². The normalized spacial score (nSPS) is 16.9. The molecule has 2 rings (SSSR count). The van der Waals surface area contributed by atoms with Crippen molar-refractivity contribution in [2.24, 2.45) is 0 Å². The number of hydrogen-bond acceptors (Lipinski definition) is 5. The van der Waals surface area contributed by atoms with Gasteiger partial charge in [0.05, 0.1) is 12.0 Å². The van der Waals surface area contributed by atoms with Crippen LogP contribution >= 0.6 is 0 Å². The van der Waals surface area contributed by atoms with E-state index in [2.05, 4.69) is 10.2 Å². The summed E-state index contributed by atoms with van der Waals surface area (Å²) in [6, 6.07) is 5.17. The lowest BCUT2D eigenvalue weighted by Crippen LogP contribution is -2.27. The number of rotatable bonds is 4. The number of nitrogens with one attached hydrogen (secondary N) is 1. The summed E-state index contributed by atoms with van der Waals surface area (Å²) in [5, 5.41) is 14.3. The van der Waals surface area contributed by atoms with E-state index in [9.17, 15) is 10.1 Å². The fourth-order valence-corrected chi connectivity index (χ4v) is 2.29. The van der Waals surface area contributed by atoms with Gasteiger partial charge in [0.2, 0.25) is 0 Å². The third-order valence-corrected chi connectivity index (χ3v) is 3.28. The van der Waals surface area contributed by atoms with Gasteiger partial charge in [0.25, 0.3) is 0 Å². The van der Waals surface area contributed by atoms with Crippen molar-refractivity contribution < 1.29 is 9.66 Å². The molecular formula is C13H19N3O3. The molecule has 104 valence electrons. The summed E-state index contributed by atoms with van der Waals surface area (Å²) in [6.45, 7) is 4.75. The van der Waals surface area contributed by atoms with Gasteiger partial charge in [-0.3, -0.25) is 15.0 Å². The van der Waals surface area contributed by atoms with Crippen molar-refractivity contribution >= 4 is 5.69 Å². The van der Waals surface area contributed by atoms with Gasteiger partial charge in [0.15, 0.2) is 5.75 Å². The molecule has 1 fully saturated rings. The van der Waals surface area contributed by atoms with Crippen LogP contribution in [0.25, 0.3) is 0 Å². The molecule has 0 saturated carbocycles. The van der Waals surface area contributed by atoms with Crippen LogP contribution in [0.1, 0.15) is 12.0 Å². The van der Waals surface area contributed by atoms with Gasteiger partial charge in [-0.05, 0) is 31.1 Å². The summed E-state index contributed by atoms with van der Waals surface area (Å²) in [4.78, 5) is 12.9. The molecule has 1 saturated heterocycles. The van der Waals surface area contributed by atoms with Gasteiger partial charge in [-0.2, -0.15) is 0 Å². The molecule has 0 spiro atoms. The van der Waals surface area contributed by atoms with Gasteiger partial charge in [0, 0.05) is 25.7 Å². The highest BCUT2D eigenvalue weighted by molar-refractivity contribution is 5.48. The molecule has 0 amide bonds. The second-order valence-electron chi connectivity index (χ2n) is 4.64. The van der Waals surface area contributed by atoms with Crippen LogP contribution in [0.4, 0.5) is 5.69 Å². The molecule has 1 heterocycles. The molecule has 6 nitrogen and oxygen atoms in total. The van der Waals surface area contributed by atoms with E-state index in [4.69, 9.17) is 4.74 Å². The van der Waals surface area contributed by atoms with E-state index < -0.39 is 4.92 Å². The Morgan fingerprint density at radius 1 is 1.42 bits per heavy atom. The van der Waals surface area contributed by atoms with Crippen molar-refractivity contribution in [2.75, 3.05) is 33.3 Å². The molecular weight excluding hydrogens is 246 g/mol. The van der Waals surface area contributed by atoms with Crippen LogP contribution in [-0.2, 0) is 6.54 Å². The lowest BCUT2D eigenvalue weighted by atomic mass is 10.1. The maximum absolute atomic E-state index is 11.0. The number of benzene rings is 1. The summed E-state index contributed by atoms with van der Waals surface area (Å²) in [6.07, 6.45) is 1.11. The van der Waals surface area contributed by atoms with Crippen LogP contribution in [0.3, 0.4) is 0 Å². The van der Waals surface area contributed by atoms with Crippen LogP contribution in [0.2, 0.25) is 0 Å². The highest BCUT2D eigenvalue weighted by atomic mass is 16.6. The number of nitrogens with zero attached hydrogens (tertiary/aromatic N) is 2. The van der Waals surface area contributed by atoms with Crippen molar-refractivity contribution in [1.29, 1.82) is 0 Å². The summed E-state index contributed by atoms with van der Waals surface area (Å²) in [7, 11) is 1.45. The molecule has 6 heteroatoms. The van der Waals surface area contributed by atoms with E-state index in [0.717, 1.165) is 44.7 Å². The molecule has 1 N–H and O–H groups in total. The van der Waals surface area contributed by atoms with Crippen LogP contribution in [-0.4, -0.2) is 43.1 Å². The van der Waals surface area contributed by atoms with E-state index in [1.165, 1.54) is 7.11 Å². The van der Waals surface area contributed by atoms with E-state index in [0.29, 0.717) is 5.75 Å². The summed E-state index contributed by atoms with van der Waals surface area (Å²) >= 11 is 0. The number of nitro groups is 1. The Hall–Kier alpha value is -1.66. The highest BCUT2D eigenvalue weighted by Gasteiger charge is 2.16. The molecule has 0 aliphatic carbocycles.